The van der Waals surface area contributed by atoms with Crippen molar-refractivity contribution in [2.45, 2.75) is 43.2 Å². The summed E-state index contributed by atoms with van der Waals surface area (Å²) in [6.45, 7) is 0.626. The van der Waals surface area contributed by atoms with Gasteiger partial charge >= 0.3 is 0 Å². The average Bonchev–Trinajstić information content (AvgIpc) is 3.06. The van der Waals surface area contributed by atoms with Gasteiger partial charge in [-0.05, 0) is 49.4 Å². The molecule has 5 heteroatoms. The minimum atomic E-state index is -0.432. The number of benzene rings is 2. The van der Waals surface area contributed by atoms with E-state index >= 15 is 0 Å². The zero-order valence-electron chi connectivity index (χ0n) is 16.5. The lowest BCUT2D eigenvalue weighted by Crippen LogP contribution is -2.21. The van der Waals surface area contributed by atoms with E-state index in [1.165, 1.54) is 35.0 Å². The number of aliphatic hydroxyl groups is 1. The summed E-state index contributed by atoms with van der Waals surface area (Å²) in [7, 11) is 3.31. The highest BCUT2D eigenvalue weighted by Gasteiger charge is 2.21. The Labute approximate surface area is 170 Å². The van der Waals surface area contributed by atoms with E-state index in [9.17, 15) is 5.11 Å². The highest BCUT2D eigenvalue weighted by molar-refractivity contribution is 7.99. The van der Waals surface area contributed by atoms with Crippen LogP contribution in [0.2, 0.25) is 0 Å². The van der Waals surface area contributed by atoms with E-state index < -0.39 is 6.10 Å². The molecule has 4 nitrogen and oxygen atoms in total. The molecule has 4 rings (SSSR count). The Morgan fingerprint density at radius 1 is 1.07 bits per heavy atom. The third-order valence-electron chi connectivity index (χ3n) is 5.48. The largest absolute Gasteiger partial charge is 0.497 e. The zero-order valence-corrected chi connectivity index (χ0v) is 17.3. The molecule has 0 saturated carbocycles. The van der Waals surface area contributed by atoms with Crippen molar-refractivity contribution < 1.29 is 14.6 Å². The molecule has 148 valence electrons. The Balaban J connectivity index is 1.51. The minimum Gasteiger partial charge on any atom is -0.497 e. The molecule has 1 N–H and O–H groups in total. The van der Waals surface area contributed by atoms with Crippen molar-refractivity contribution in [3.63, 3.8) is 0 Å². The Morgan fingerprint density at radius 3 is 2.71 bits per heavy atom. The third kappa shape index (κ3) is 3.74. The average molecular weight is 398 g/mol. The van der Waals surface area contributed by atoms with Crippen LogP contribution in [0.3, 0.4) is 0 Å². The van der Waals surface area contributed by atoms with E-state index in [1.54, 1.807) is 26.0 Å². The molecule has 1 unspecified atom stereocenters. The summed E-state index contributed by atoms with van der Waals surface area (Å²) in [6, 6.07) is 14.4. The van der Waals surface area contributed by atoms with Crippen LogP contribution in [0.1, 0.15) is 24.1 Å². The summed E-state index contributed by atoms with van der Waals surface area (Å²) in [5.41, 5.74) is 4.15. The number of para-hydroxylation sites is 1. The summed E-state index contributed by atoms with van der Waals surface area (Å²) in [6.07, 6.45) is 4.32. The SMILES string of the molecule is COc1ccc(SCC(O)Cn2c3c(c4ccccc42)CCCC3)c(OC)c1. The maximum absolute atomic E-state index is 10.8. The van der Waals surface area contributed by atoms with Crippen molar-refractivity contribution in [3.8, 4) is 11.5 Å². The van der Waals surface area contributed by atoms with E-state index in [2.05, 4.69) is 28.8 Å². The number of thioether (sulfide) groups is 1. The number of methoxy groups -OCH3 is 2. The Bertz CT molecular complexity index is 966. The number of aliphatic hydroxyl groups excluding tert-OH is 1. The predicted molar refractivity (Wildman–Crippen MR) is 115 cm³/mol. The molecule has 2 aromatic carbocycles. The minimum absolute atomic E-state index is 0.432. The number of hydrogen-bond donors (Lipinski definition) is 1. The van der Waals surface area contributed by atoms with Crippen LogP contribution in [0.4, 0.5) is 0 Å². The topological polar surface area (TPSA) is 43.6 Å². The van der Waals surface area contributed by atoms with Crippen molar-refractivity contribution in [2.75, 3.05) is 20.0 Å². The fourth-order valence-corrected chi connectivity index (χ4v) is 5.07. The van der Waals surface area contributed by atoms with Gasteiger partial charge in [-0.15, -0.1) is 11.8 Å². The maximum atomic E-state index is 10.8. The van der Waals surface area contributed by atoms with Gasteiger partial charge in [0.05, 0.1) is 20.3 Å². The van der Waals surface area contributed by atoms with Gasteiger partial charge in [-0.3, -0.25) is 0 Å². The lowest BCUT2D eigenvalue weighted by atomic mass is 9.95. The number of rotatable bonds is 7. The molecular formula is C23H27NO3S. The lowest BCUT2D eigenvalue weighted by molar-refractivity contribution is 0.178. The van der Waals surface area contributed by atoms with E-state index in [0.717, 1.165) is 29.2 Å². The number of aromatic nitrogens is 1. The first-order chi connectivity index (χ1) is 13.7. The van der Waals surface area contributed by atoms with E-state index in [1.807, 2.05) is 18.2 Å². The van der Waals surface area contributed by atoms with Gasteiger partial charge in [0, 0.05) is 39.9 Å². The highest BCUT2D eigenvalue weighted by atomic mass is 32.2. The monoisotopic (exact) mass is 397 g/mol. The van der Waals surface area contributed by atoms with Crippen molar-refractivity contribution in [2.24, 2.45) is 0 Å². The fraction of sp³-hybridized carbons (Fsp3) is 0.391. The first-order valence-corrected chi connectivity index (χ1v) is 10.8. The summed E-state index contributed by atoms with van der Waals surface area (Å²) >= 11 is 1.62. The molecule has 0 aliphatic heterocycles. The Hall–Kier alpha value is -2.11. The Morgan fingerprint density at radius 2 is 1.89 bits per heavy atom. The summed E-state index contributed by atoms with van der Waals surface area (Å²) < 4.78 is 13.1. The van der Waals surface area contributed by atoms with Crippen LogP contribution in [0.5, 0.6) is 11.5 Å². The molecule has 1 atom stereocenters. The van der Waals surface area contributed by atoms with Gasteiger partial charge in [0.15, 0.2) is 0 Å². The van der Waals surface area contributed by atoms with E-state index in [-0.39, 0.29) is 0 Å². The van der Waals surface area contributed by atoms with Gasteiger partial charge in [-0.2, -0.15) is 0 Å². The van der Waals surface area contributed by atoms with Gasteiger partial charge in [-0.25, -0.2) is 0 Å². The van der Waals surface area contributed by atoms with Crippen LogP contribution in [0.25, 0.3) is 10.9 Å². The molecule has 1 aromatic heterocycles. The molecule has 1 aliphatic rings. The van der Waals surface area contributed by atoms with Crippen LogP contribution in [-0.2, 0) is 19.4 Å². The second-order valence-electron chi connectivity index (χ2n) is 7.24. The van der Waals surface area contributed by atoms with Crippen molar-refractivity contribution in [1.82, 2.24) is 4.57 Å². The van der Waals surface area contributed by atoms with Crippen LogP contribution < -0.4 is 9.47 Å². The normalized spacial score (nSPS) is 14.7. The van der Waals surface area contributed by atoms with Crippen molar-refractivity contribution in [3.05, 3.63) is 53.7 Å². The van der Waals surface area contributed by atoms with Crippen molar-refractivity contribution in [1.29, 1.82) is 0 Å². The van der Waals surface area contributed by atoms with Crippen LogP contribution in [-0.4, -0.2) is 35.8 Å². The Kier molecular flexibility index (Phi) is 5.83. The summed E-state index contributed by atoms with van der Waals surface area (Å²) in [5.74, 6) is 2.16. The number of aryl methyl sites for hydroxylation is 1. The summed E-state index contributed by atoms with van der Waals surface area (Å²) in [5, 5.41) is 12.2. The van der Waals surface area contributed by atoms with Gasteiger partial charge in [0.1, 0.15) is 11.5 Å². The molecule has 0 amide bonds. The molecule has 0 bridgehead atoms. The molecule has 28 heavy (non-hydrogen) atoms. The molecule has 1 heterocycles. The second kappa shape index (κ2) is 8.50. The summed E-state index contributed by atoms with van der Waals surface area (Å²) in [4.78, 5) is 1.02. The zero-order chi connectivity index (χ0) is 19.5. The van der Waals surface area contributed by atoms with E-state index in [4.69, 9.17) is 9.47 Å². The van der Waals surface area contributed by atoms with E-state index in [0.29, 0.717) is 12.3 Å². The van der Waals surface area contributed by atoms with Crippen molar-refractivity contribution >= 4 is 22.7 Å². The van der Waals surface area contributed by atoms with Gasteiger partial charge < -0.3 is 19.1 Å². The number of hydrogen-bond acceptors (Lipinski definition) is 4. The fourth-order valence-electron chi connectivity index (χ4n) is 4.14. The molecule has 0 saturated heterocycles. The first kappa shape index (κ1) is 19.2. The van der Waals surface area contributed by atoms with Crippen LogP contribution >= 0.6 is 11.8 Å². The number of ether oxygens (including phenoxy) is 2. The molecular weight excluding hydrogens is 370 g/mol. The standard InChI is InChI=1S/C23H27NO3S/c1-26-17-11-12-23(22(13-17)27-2)28-15-16(25)14-24-20-9-5-3-7-18(20)19-8-4-6-10-21(19)24/h3,5,7,9,11-13,16,25H,4,6,8,10,14-15H2,1-2H3. The van der Waals surface area contributed by atoms with Gasteiger partial charge in [0.25, 0.3) is 0 Å². The maximum Gasteiger partial charge on any atom is 0.136 e. The molecule has 3 aromatic rings. The van der Waals surface area contributed by atoms with Crippen LogP contribution in [0, 0.1) is 0 Å². The quantitative estimate of drug-likeness (QED) is 0.588. The molecule has 0 spiro atoms. The lowest BCUT2D eigenvalue weighted by Gasteiger charge is -2.19. The van der Waals surface area contributed by atoms with Gasteiger partial charge in [-0.1, -0.05) is 18.2 Å². The smallest absolute Gasteiger partial charge is 0.136 e. The number of fused-ring (bicyclic) bond motifs is 3. The predicted octanol–water partition coefficient (Wildman–Crippen LogP) is 4.69. The van der Waals surface area contributed by atoms with Crippen LogP contribution in [0.15, 0.2) is 47.4 Å². The van der Waals surface area contributed by atoms with Gasteiger partial charge in [0.2, 0.25) is 0 Å². The second-order valence-corrected chi connectivity index (χ2v) is 8.30. The number of nitrogens with zero attached hydrogens (tertiary/aromatic N) is 1. The molecule has 0 fully saturated rings. The first-order valence-electron chi connectivity index (χ1n) is 9.83. The highest BCUT2D eigenvalue weighted by Crippen LogP contribution is 2.35. The molecule has 0 radical (unpaired) electrons. The molecule has 1 aliphatic carbocycles. The third-order valence-corrected chi connectivity index (χ3v) is 6.68.